The maximum atomic E-state index is 13.6. The van der Waals surface area contributed by atoms with Crippen molar-refractivity contribution in [3.63, 3.8) is 0 Å². The highest BCUT2D eigenvalue weighted by Gasteiger charge is 2.54. The molecule has 2 heterocycles. The van der Waals surface area contributed by atoms with Gasteiger partial charge in [-0.25, -0.2) is 4.98 Å². The first-order chi connectivity index (χ1) is 16.6. The second-order valence-corrected chi connectivity index (χ2v) is 10.5. The number of aryl methyl sites for hydroxylation is 1. The summed E-state index contributed by atoms with van der Waals surface area (Å²) in [5.74, 6) is -0.189. The highest BCUT2D eigenvalue weighted by atomic mass is 35.5. The number of amides is 2. The van der Waals surface area contributed by atoms with Crippen molar-refractivity contribution in [2.75, 3.05) is 13.1 Å². The van der Waals surface area contributed by atoms with Crippen molar-refractivity contribution in [2.24, 2.45) is 11.8 Å². The number of alkyl halides is 3. The summed E-state index contributed by atoms with van der Waals surface area (Å²) < 4.78 is 39.0. The number of likely N-dealkylation sites (tertiary alicyclic amines) is 1. The molecule has 0 bridgehead atoms. The van der Waals surface area contributed by atoms with Crippen LogP contribution in [0.5, 0.6) is 0 Å². The molecule has 0 radical (unpaired) electrons. The second kappa shape index (κ2) is 8.95. The fourth-order valence-corrected chi connectivity index (χ4v) is 5.83. The number of carbonyl (C=O) groups excluding carboxylic acids is 2. The number of aromatic nitrogens is 1. The Hall–Kier alpha value is -2.91. The second-order valence-electron chi connectivity index (χ2n) is 8.89. The van der Waals surface area contributed by atoms with Gasteiger partial charge in [0.25, 0.3) is 11.8 Å². The number of fused-ring (bicyclic) bond motifs is 1. The van der Waals surface area contributed by atoms with Crippen molar-refractivity contribution in [1.82, 2.24) is 15.2 Å². The number of benzene rings is 2. The van der Waals surface area contributed by atoms with Crippen molar-refractivity contribution >= 4 is 34.8 Å². The number of piperidine rings is 1. The predicted octanol–water partition coefficient (Wildman–Crippen LogP) is 5.68. The first kappa shape index (κ1) is 23.8. The molecule has 35 heavy (non-hydrogen) atoms. The topological polar surface area (TPSA) is 62.3 Å². The van der Waals surface area contributed by atoms with Gasteiger partial charge in [0.15, 0.2) is 0 Å². The molecule has 1 aliphatic carbocycles. The Bertz CT molecular complexity index is 1310. The first-order valence-corrected chi connectivity index (χ1v) is 12.3. The van der Waals surface area contributed by atoms with Gasteiger partial charge in [0.1, 0.15) is 5.69 Å². The summed E-state index contributed by atoms with van der Waals surface area (Å²) in [7, 11) is 0. The van der Waals surface area contributed by atoms with Crippen LogP contribution in [0.4, 0.5) is 13.2 Å². The first-order valence-electron chi connectivity index (χ1n) is 11.1. The van der Waals surface area contributed by atoms with Crippen LogP contribution < -0.4 is 5.32 Å². The van der Waals surface area contributed by atoms with Crippen LogP contribution in [0.2, 0.25) is 5.02 Å². The average molecular weight is 520 g/mol. The van der Waals surface area contributed by atoms with Crippen LogP contribution in [0, 0.1) is 18.8 Å². The van der Waals surface area contributed by atoms with Gasteiger partial charge in [-0.2, -0.15) is 13.2 Å². The lowest BCUT2D eigenvalue weighted by molar-refractivity contribution is -0.137. The summed E-state index contributed by atoms with van der Waals surface area (Å²) in [4.78, 5) is 33.2. The molecule has 1 saturated carbocycles. The summed E-state index contributed by atoms with van der Waals surface area (Å²) in [6, 6.07) is 11.3. The largest absolute Gasteiger partial charge is 0.416 e. The molecule has 5 nitrogen and oxygen atoms in total. The molecule has 3 aromatic rings. The zero-order chi connectivity index (χ0) is 24.9. The molecule has 5 rings (SSSR count). The molecule has 2 aromatic carbocycles. The molecule has 10 heteroatoms. The molecule has 1 aliphatic heterocycles. The lowest BCUT2D eigenvalue weighted by atomic mass is 10.1. The molecule has 3 atom stereocenters. The van der Waals surface area contributed by atoms with Gasteiger partial charge in [0, 0.05) is 23.7 Å². The monoisotopic (exact) mass is 519 g/mol. The van der Waals surface area contributed by atoms with Crippen LogP contribution >= 0.6 is 22.9 Å². The highest BCUT2D eigenvalue weighted by Crippen LogP contribution is 2.50. The third kappa shape index (κ3) is 4.79. The Balaban J connectivity index is 1.34. The molecule has 2 aliphatic rings. The van der Waals surface area contributed by atoms with E-state index in [9.17, 15) is 22.8 Å². The number of thiazole rings is 1. The maximum Gasteiger partial charge on any atom is 0.416 e. The summed E-state index contributed by atoms with van der Waals surface area (Å²) in [5.41, 5.74) is 0.217. The highest BCUT2D eigenvalue weighted by molar-refractivity contribution is 7.15. The van der Waals surface area contributed by atoms with Crippen LogP contribution in [-0.2, 0) is 6.18 Å². The standard InChI is InChI=1S/C25H21ClF3N3O2S/c1-13-31-21(22(35-13)14-4-3-7-18(26)9-14)24(34)32-12-16-10-19(16)20(32)11-30-23(33)15-5-2-6-17(8-15)25(27,28)29/h2-9,16,19-20H,10-12H2,1H3,(H,30,33)/t16-,19-,20-/m1/s1. The number of carbonyl (C=O) groups is 2. The molecule has 2 fully saturated rings. The zero-order valence-electron chi connectivity index (χ0n) is 18.6. The van der Waals surface area contributed by atoms with E-state index >= 15 is 0 Å². The Morgan fingerprint density at radius 2 is 1.97 bits per heavy atom. The Labute approximate surface area is 208 Å². The van der Waals surface area contributed by atoms with Gasteiger partial charge in [-0.3, -0.25) is 9.59 Å². The minimum atomic E-state index is -4.53. The lowest BCUT2D eigenvalue weighted by Gasteiger charge is -2.27. The molecule has 2 amide bonds. The van der Waals surface area contributed by atoms with Gasteiger partial charge in [-0.1, -0.05) is 29.8 Å². The molecule has 1 saturated heterocycles. The van der Waals surface area contributed by atoms with E-state index in [0.717, 1.165) is 34.0 Å². The predicted molar refractivity (Wildman–Crippen MR) is 127 cm³/mol. The minimum absolute atomic E-state index is 0.0681. The van der Waals surface area contributed by atoms with E-state index in [4.69, 9.17) is 11.6 Å². The Morgan fingerprint density at radius 3 is 2.71 bits per heavy atom. The van der Waals surface area contributed by atoms with E-state index < -0.39 is 17.6 Å². The zero-order valence-corrected chi connectivity index (χ0v) is 20.2. The van der Waals surface area contributed by atoms with Gasteiger partial charge < -0.3 is 10.2 Å². The van der Waals surface area contributed by atoms with Gasteiger partial charge in [0.2, 0.25) is 0 Å². The third-order valence-corrected chi connectivity index (χ3v) is 7.77. The van der Waals surface area contributed by atoms with E-state index in [1.54, 1.807) is 17.0 Å². The summed E-state index contributed by atoms with van der Waals surface area (Å²) in [6.07, 6.45) is -3.57. The lowest BCUT2D eigenvalue weighted by Crippen LogP contribution is -2.45. The van der Waals surface area contributed by atoms with E-state index in [0.29, 0.717) is 23.2 Å². The van der Waals surface area contributed by atoms with E-state index in [1.165, 1.54) is 23.5 Å². The Morgan fingerprint density at radius 1 is 1.20 bits per heavy atom. The minimum Gasteiger partial charge on any atom is -0.350 e. The van der Waals surface area contributed by atoms with Gasteiger partial charge in [0.05, 0.1) is 21.5 Å². The molecule has 182 valence electrons. The molecule has 1 N–H and O–H groups in total. The fraction of sp³-hybridized carbons (Fsp3) is 0.320. The van der Waals surface area contributed by atoms with Crippen LogP contribution in [-0.4, -0.2) is 40.8 Å². The van der Waals surface area contributed by atoms with Crippen molar-refractivity contribution in [1.29, 1.82) is 0 Å². The molecule has 0 spiro atoms. The van der Waals surface area contributed by atoms with Crippen molar-refractivity contribution in [2.45, 2.75) is 25.6 Å². The summed E-state index contributed by atoms with van der Waals surface area (Å²) >= 11 is 7.57. The quantitative estimate of drug-likeness (QED) is 0.471. The van der Waals surface area contributed by atoms with E-state index in [1.807, 2.05) is 19.1 Å². The SMILES string of the molecule is Cc1nc(C(=O)N2C[C@H]3C[C@H]3[C@H]2CNC(=O)c2cccc(C(F)(F)F)c2)c(-c2cccc(Cl)c2)s1. The number of hydrogen-bond donors (Lipinski definition) is 1. The molecule has 1 aromatic heterocycles. The van der Waals surface area contributed by atoms with E-state index in [2.05, 4.69) is 10.3 Å². The van der Waals surface area contributed by atoms with Crippen LogP contribution in [0.25, 0.3) is 10.4 Å². The molecular formula is C25H21ClF3N3O2S. The summed E-state index contributed by atoms with van der Waals surface area (Å²) in [6.45, 7) is 2.57. The van der Waals surface area contributed by atoms with E-state index in [-0.39, 0.29) is 30.0 Å². The number of rotatable bonds is 5. The third-order valence-electron chi connectivity index (χ3n) is 6.51. The van der Waals surface area contributed by atoms with Crippen LogP contribution in [0.3, 0.4) is 0 Å². The van der Waals surface area contributed by atoms with Crippen molar-refractivity contribution < 1.29 is 22.8 Å². The molecule has 0 unspecified atom stereocenters. The smallest absolute Gasteiger partial charge is 0.350 e. The van der Waals surface area contributed by atoms with Crippen LogP contribution in [0.1, 0.15) is 37.8 Å². The number of nitrogens with zero attached hydrogens (tertiary/aromatic N) is 2. The van der Waals surface area contributed by atoms with Gasteiger partial charge in [-0.05, 0) is 61.1 Å². The number of nitrogens with one attached hydrogen (secondary N) is 1. The van der Waals surface area contributed by atoms with Gasteiger partial charge in [-0.15, -0.1) is 11.3 Å². The molecular weight excluding hydrogens is 499 g/mol. The fourth-order valence-electron chi connectivity index (χ4n) is 4.74. The number of hydrogen-bond acceptors (Lipinski definition) is 4. The number of halogens is 4. The normalized spacial score (nSPS) is 21.1. The van der Waals surface area contributed by atoms with Gasteiger partial charge >= 0.3 is 6.18 Å². The Kier molecular flexibility index (Phi) is 6.09. The van der Waals surface area contributed by atoms with Crippen molar-refractivity contribution in [3.05, 3.63) is 75.4 Å². The maximum absolute atomic E-state index is 13.6. The van der Waals surface area contributed by atoms with Crippen molar-refractivity contribution in [3.8, 4) is 10.4 Å². The van der Waals surface area contributed by atoms with Crippen LogP contribution in [0.15, 0.2) is 48.5 Å². The average Bonchev–Trinajstić information content (AvgIpc) is 3.33. The summed E-state index contributed by atoms with van der Waals surface area (Å²) in [5, 5.41) is 4.05.